The molecule has 3 heterocycles. The lowest BCUT2D eigenvalue weighted by atomic mass is 10.0. The van der Waals surface area contributed by atoms with E-state index in [1.54, 1.807) is 29.2 Å². The minimum Gasteiger partial charge on any atom is -0.396 e. The van der Waals surface area contributed by atoms with Crippen molar-refractivity contribution in [2.24, 2.45) is 16.6 Å². The van der Waals surface area contributed by atoms with Crippen LogP contribution in [0.15, 0.2) is 35.0 Å². The Balaban J connectivity index is 1.66. The van der Waals surface area contributed by atoms with Gasteiger partial charge in [-0.1, -0.05) is 26.0 Å². The number of rotatable bonds is 9. The predicted octanol–water partition coefficient (Wildman–Crippen LogP) is 4.33. The van der Waals surface area contributed by atoms with Crippen LogP contribution in [0.4, 0.5) is 18.9 Å². The molecule has 0 spiro atoms. The van der Waals surface area contributed by atoms with Crippen LogP contribution in [0.2, 0.25) is 0 Å². The molecule has 8 nitrogen and oxygen atoms in total. The maximum Gasteiger partial charge on any atom is 0.435 e. The van der Waals surface area contributed by atoms with E-state index in [4.69, 9.17) is 5.73 Å². The highest BCUT2D eigenvalue weighted by molar-refractivity contribution is 7.95. The first-order valence-electron chi connectivity index (χ1n) is 12.3. The number of carbonyl (C=O) groups excluding carboxylic acids is 1. The van der Waals surface area contributed by atoms with Gasteiger partial charge in [0.25, 0.3) is 0 Å². The second-order valence-electron chi connectivity index (χ2n) is 9.28. The minimum atomic E-state index is -4.65. The fourth-order valence-electron chi connectivity index (χ4n) is 4.39. The number of amidine groups is 1. The zero-order valence-corrected chi connectivity index (χ0v) is 21.6. The van der Waals surface area contributed by atoms with Gasteiger partial charge < -0.3 is 15.7 Å². The molecule has 3 N–H and O–H groups in total. The number of aliphatic hydroxyl groups excluding tert-OH is 1. The first-order chi connectivity index (χ1) is 17.6. The van der Waals surface area contributed by atoms with E-state index in [1.807, 2.05) is 18.2 Å². The van der Waals surface area contributed by atoms with Crippen molar-refractivity contribution in [2.45, 2.75) is 39.3 Å². The van der Waals surface area contributed by atoms with E-state index < -0.39 is 11.9 Å². The zero-order valence-electron chi connectivity index (χ0n) is 20.8. The molecule has 1 fully saturated rings. The fourth-order valence-corrected chi connectivity index (χ4v) is 5.45. The standard InChI is InChI=1S/C25H31F3N6O2S/c1-3-7-32(8-4-2)24(36)19-9-18-6-5-17(10-21(18)30-22(29)11-19)20-14-34(31-23(20)25(26,27)28)37-33-12-16(13-33)15-35/h5-6,9-10,14,16,35H,3-4,7-8,11-13,15H2,1-2H3,(H2,29,30). The Hall–Kier alpha value is -2.83. The molecule has 12 heteroatoms. The monoisotopic (exact) mass is 536 g/mol. The van der Waals surface area contributed by atoms with Gasteiger partial charge in [-0.2, -0.15) is 22.4 Å². The van der Waals surface area contributed by atoms with Crippen molar-refractivity contribution in [3.05, 3.63) is 41.2 Å². The molecule has 1 aromatic heterocycles. The van der Waals surface area contributed by atoms with Crippen LogP contribution in [0, 0.1) is 5.92 Å². The largest absolute Gasteiger partial charge is 0.435 e. The van der Waals surface area contributed by atoms with E-state index in [0.29, 0.717) is 48.6 Å². The SMILES string of the molecule is CCCN(CCC)C(=O)C1=Cc2ccc(-c3cn(SN4CC(CO)C4)nc3C(F)(F)F)cc2N=C(N)C1. The Morgan fingerprint density at radius 1 is 1.24 bits per heavy atom. The third kappa shape index (κ3) is 6.19. The Morgan fingerprint density at radius 3 is 2.57 bits per heavy atom. The van der Waals surface area contributed by atoms with Gasteiger partial charge in [0.1, 0.15) is 5.84 Å². The normalized spacial score (nSPS) is 16.5. The number of nitrogens with two attached hydrogens (primary N) is 1. The first kappa shape index (κ1) is 27.2. The molecule has 0 aliphatic carbocycles. The van der Waals surface area contributed by atoms with E-state index in [1.165, 1.54) is 10.3 Å². The summed E-state index contributed by atoms with van der Waals surface area (Å²) in [6.07, 6.45) is 0.254. The van der Waals surface area contributed by atoms with Crippen LogP contribution in [0.25, 0.3) is 17.2 Å². The van der Waals surface area contributed by atoms with Crippen LogP contribution >= 0.6 is 12.1 Å². The van der Waals surface area contributed by atoms with Crippen LogP contribution < -0.4 is 5.73 Å². The third-order valence-electron chi connectivity index (χ3n) is 6.20. The molecular formula is C25H31F3N6O2S. The number of aromatic nitrogens is 2. The summed E-state index contributed by atoms with van der Waals surface area (Å²) in [4.78, 5) is 19.4. The number of benzene rings is 1. The molecule has 200 valence electrons. The van der Waals surface area contributed by atoms with Crippen molar-refractivity contribution in [1.29, 1.82) is 0 Å². The number of hydrogen-bond donors (Lipinski definition) is 2. The highest BCUT2D eigenvalue weighted by atomic mass is 32.2. The van der Waals surface area contributed by atoms with Gasteiger partial charge in [0.2, 0.25) is 5.91 Å². The molecule has 0 bridgehead atoms. The average Bonchev–Trinajstić information content (AvgIpc) is 3.18. The lowest BCUT2D eigenvalue weighted by molar-refractivity contribution is -0.140. The van der Waals surface area contributed by atoms with Crippen LogP contribution in [0.3, 0.4) is 0 Å². The summed E-state index contributed by atoms with van der Waals surface area (Å²) in [6.45, 7) is 6.48. The molecule has 2 aromatic rings. The van der Waals surface area contributed by atoms with Gasteiger partial charge in [0.15, 0.2) is 5.69 Å². The van der Waals surface area contributed by atoms with Crippen molar-refractivity contribution >= 4 is 35.6 Å². The van der Waals surface area contributed by atoms with E-state index in [0.717, 1.165) is 25.0 Å². The zero-order chi connectivity index (χ0) is 26.7. The molecule has 2 aliphatic heterocycles. The molecular weight excluding hydrogens is 505 g/mol. The molecule has 2 aliphatic rings. The van der Waals surface area contributed by atoms with E-state index in [9.17, 15) is 23.1 Å². The highest BCUT2D eigenvalue weighted by Gasteiger charge is 2.38. The Kier molecular flexibility index (Phi) is 8.29. The van der Waals surface area contributed by atoms with Crippen LogP contribution in [-0.2, 0) is 11.0 Å². The topological polar surface area (TPSA) is 100.0 Å². The molecule has 4 rings (SSSR count). The smallest absolute Gasteiger partial charge is 0.396 e. The molecule has 37 heavy (non-hydrogen) atoms. The molecule has 0 atom stereocenters. The summed E-state index contributed by atoms with van der Waals surface area (Å²) >= 11 is 1.07. The van der Waals surface area contributed by atoms with Crippen molar-refractivity contribution in [3.63, 3.8) is 0 Å². The van der Waals surface area contributed by atoms with Crippen LogP contribution in [0.5, 0.6) is 0 Å². The van der Waals surface area contributed by atoms with E-state index in [-0.39, 0.29) is 36.3 Å². The second-order valence-corrected chi connectivity index (χ2v) is 10.3. The Morgan fingerprint density at radius 2 is 1.95 bits per heavy atom. The number of alkyl halides is 3. The van der Waals surface area contributed by atoms with Gasteiger partial charge >= 0.3 is 6.18 Å². The van der Waals surface area contributed by atoms with Crippen molar-refractivity contribution < 1.29 is 23.1 Å². The van der Waals surface area contributed by atoms with Crippen molar-refractivity contribution in [1.82, 2.24) is 18.4 Å². The summed E-state index contributed by atoms with van der Waals surface area (Å²) in [5.74, 6) is 0.242. The van der Waals surface area contributed by atoms with Crippen LogP contribution in [0.1, 0.15) is 44.4 Å². The van der Waals surface area contributed by atoms with Gasteiger partial charge in [-0.25, -0.2) is 9.30 Å². The molecule has 1 aromatic carbocycles. The molecule has 0 saturated carbocycles. The molecule has 0 radical (unpaired) electrons. The number of amides is 1. The quantitative estimate of drug-likeness (QED) is 0.463. The molecule has 0 unspecified atom stereocenters. The van der Waals surface area contributed by atoms with Crippen LogP contribution in [-0.4, -0.2) is 68.0 Å². The fraction of sp³-hybridized carbons (Fsp3) is 0.480. The maximum atomic E-state index is 13.9. The summed E-state index contributed by atoms with van der Waals surface area (Å²) in [5, 5.41) is 13.0. The third-order valence-corrected chi connectivity index (χ3v) is 7.08. The van der Waals surface area contributed by atoms with Gasteiger partial charge in [-0.3, -0.25) is 4.79 Å². The molecule has 1 amide bonds. The Bertz CT molecular complexity index is 1200. The van der Waals surface area contributed by atoms with Crippen molar-refractivity contribution in [3.8, 4) is 11.1 Å². The van der Waals surface area contributed by atoms with Gasteiger partial charge in [0, 0.05) is 68.0 Å². The average molecular weight is 537 g/mol. The summed E-state index contributed by atoms with van der Waals surface area (Å²) < 4.78 is 44.7. The summed E-state index contributed by atoms with van der Waals surface area (Å²) in [6, 6.07) is 4.79. The van der Waals surface area contributed by atoms with Gasteiger partial charge in [-0.05, 0) is 30.5 Å². The first-order valence-corrected chi connectivity index (χ1v) is 13.0. The van der Waals surface area contributed by atoms with Gasteiger partial charge in [-0.15, -0.1) is 0 Å². The van der Waals surface area contributed by atoms with Crippen molar-refractivity contribution in [2.75, 3.05) is 32.8 Å². The number of nitrogens with zero attached hydrogens (tertiary/aromatic N) is 5. The Labute approximate surface area is 218 Å². The number of aliphatic hydroxyl groups is 1. The highest BCUT2D eigenvalue weighted by Crippen LogP contribution is 2.40. The predicted molar refractivity (Wildman–Crippen MR) is 139 cm³/mol. The molecule has 1 saturated heterocycles. The summed E-state index contributed by atoms with van der Waals surface area (Å²) in [5.41, 5.74) is 6.89. The van der Waals surface area contributed by atoms with Gasteiger partial charge in [0.05, 0.1) is 17.8 Å². The summed E-state index contributed by atoms with van der Waals surface area (Å²) in [7, 11) is 0. The number of carbonyl (C=O) groups is 1. The minimum absolute atomic E-state index is 0.0466. The number of aliphatic imine (C=N–C) groups is 1. The maximum absolute atomic E-state index is 13.9. The second kappa shape index (κ2) is 11.3. The van der Waals surface area contributed by atoms with E-state index in [2.05, 4.69) is 10.1 Å². The number of fused-ring (bicyclic) bond motifs is 1. The lowest BCUT2D eigenvalue weighted by Crippen LogP contribution is -2.44. The lowest BCUT2D eigenvalue weighted by Gasteiger charge is -2.35. The number of hydrogen-bond acceptors (Lipinski definition) is 7. The van der Waals surface area contributed by atoms with E-state index >= 15 is 0 Å². The number of halogens is 3.